The van der Waals surface area contributed by atoms with E-state index in [1.807, 2.05) is 37.4 Å². The number of rotatable bonds is 3. The van der Waals surface area contributed by atoms with Gasteiger partial charge in [-0.1, -0.05) is 25.1 Å². The molecule has 0 saturated carbocycles. The van der Waals surface area contributed by atoms with Crippen molar-refractivity contribution in [2.75, 3.05) is 6.54 Å². The highest BCUT2D eigenvalue weighted by Crippen LogP contribution is 2.41. The maximum Gasteiger partial charge on any atom is 0.254 e. The number of carbonyl (C=O) groups is 2. The van der Waals surface area contributed by atoms with Crippen molar-refractivity contribution >= 4 is 23.6 Å². The molecule has 3 aliphatic rings. The van der Waals surface area contributed by atoms with E-state index in [4.69, 9.17) is 0 Å². The zero-order chi connectivity index (χ0) is 20.0. The molecule has 2 aliphatic heterocycles. The lowest BCUT2D eigenvalue weighted by Gasteiger charge is -2.45. The topological polar surface area (TPSA) is 49.7 Å². The number of carbonyl (C=O) groups excluding carboxylic acids is 2. The summed E-state index contributed by atoms with van der Waals surface area (Å²) >= 11 is 0. The molecule has 4 heteroatoms. The fraction of sp³-hybridized carbons (Fsp3) is 0.400. The summed E-state index contributed by atoms with van der Waals surface area (Å²) in [6, 6.07) is 12.4. The Morgan fingerprint density at radius 3 is 2.79 bits per heavy atom. The standard InChI is InChI=1S/C25H26N2O2/c1-2-24(28)18-7-9-20-17(14-18)8-10-23-21(20)4-3-13-27(23)25(29)19-6-5-16-11-12-26-22(16)15-19/h5-7,9,12,14-15,21,23H,2-4,8,10-11,13H2,1H3/t21?,23-/m0/s1. The van der Waals surface area contributed by atoms with Gasteiger partial charge >= 0.3 is 0 Å². The third-order valence-electron chi connectivity index (χ3n) is 6.81. The third kappa shape index (κ3) is 3.11. The molecule has 2 aromatic carbocycles. The number of fused-ring (bicyclic) bond motifs is 4. The van der Waals surface area contributed by atoms with Crippen molar-refractivity contribution in [1.29, 1.82) is 0 Å². The molecule has 1 amide bonds. The van der Waals surface area contributed by atoms with Gasteiger partial charge in [-0.2, -0.15) is 0 Å². The number of aryl methyl sites for hydroxylation is 1. The third-order valence-corrected chi connectivity index (χ3v) is 6.81. The fourth-order valence-corrected chi connectivity index (χ4v) is 5.29. The number of amides is 1. The Bertz CT molecular complexity index is 1020. The minimum atomic E-state index is 0.130. The number of likely N-dealkylation sites (tertiary alicyclic amines) is 1. The van der Waals surface area contributed by atoms with Crippen LogP contribution in [0.1, 0.15) is 75.9 Å². The van der Waals surface area contributed by atoms with Crippen LogP contribution in [0.3, 0.4) is 0 Å². The predicted octanol–water partition coefficient (Wildman–Crippen LogP) is 4.87. The van der Waals surface area contributed by atoms with Gasteiger partial charge in [0, 0.05) is 48.7 Å². The van der Waals surface area contributed by atoms with Crippen LogP contribution in [0.25, 0.3) is 0 Å². The van der Waals surface area contributed by atoms with E-state index >= 15 is 0 Å². The van der Waals surface area contributed by atoms with Gasteiger partial charge in [0.05, 0.1) is 5.69 Å². The summed E-state index contributed by atoms with van der Waals surface area (Å²) in [7, 11) is 0. The lowest BCUT2D eigenvalue weighted by atomic mass is 9.73. The Hall–Kier alpha value is -2.75. The molecular formula is C25H26N2O2. The van der Waals surface area contributed by atoms with E-state index < -0.39 is 0 Å². The van der Waals surface area contributed by atoms with Crippen LogP contribution >= 0.6 is 0 Å². The van der Waals surface area contributed by atoms with Crippen LogP contribution in [0.15, 0.2) is 41.4 Å². The molecule has 5 rings (SSSR count). The number of aliphatic imine (C=N–C) groups is 1. The van der Waals surface area contributed by atoms with Crippen molar-refractivity contribution in [3.8, 4) is 0 Å². The normalized spacial score (nSPS) is 22.0. The second kappa shape index (κ2) is 7.25. The first-order valence-corrected chi connectivity index (χ1v) is 10.8. The van der Waals surface area contributed by atoms with Gasteiger partial charge in [-0.3, -0.25) is 14.6 Å². The minimum Gasteiger partial charge on any atom is -0.335 e. The molecule has 1 aliphatic carbocycles. The molecule has 148 valence electrons. The molecule has 1 fully saturated rings. The smallest absolute Gasteiger partial charge is 0.254 e. The van der Waals surface area contributed by atoms with Gasteiger partial charge in [0.25, 0.3) is 5.91 Å². The predicted molar refractivity (Wildman–Crippen MR) is 114 cm³/mol. The maximum atomic E-state index is 13.4. The van der Waals surface area contributed by atoms with E-state index in [-0.39, 0.29) is 17.7 Å². The van der Waals surface area contributed by atoms with Crippen LogP contribution in [0.5, 0.6) is 0 Å². The highest BCUT2D eigenvalue weighted by Gasteiger charge is 2.38. The molecule has 2 heterocycles. The van der Waals surface area contributed by atoms with Crippen molar-refractivity contribution in [2.24, 2.45) is 4.99 Å². The number of piperidine rings is 1. The first-order chi connectivity index (χ1) is 14.2. The van der Waals surface area contributed by atoms with Crippen LogP contribution in [0, 0.1) is 0 Å². The summed E-state index contributed by atoms with van der Waals surface area (Å²) < 4.78 is 0. The Labute approximate surface area is 171 Å². The number of Topliss-reactive ketones (excluding diaryl/α,β-unsaturated/α-hetero) is 1. The molecule has 1 saturated heterocycles. The van der Waals surface area contributed by atoms with Crippen LogP contribution in [0.2, 0.25) is 0 Å². The second-order valence-corrected chi connectivity index (χ2v) is 8.40. The number of hydrogen-bond acceptors (Lipinski definition) is 3. The quantitative estimate of drug-likeness (QED) is 0.707. The summed E-state index contributed by atoms with van der Waals surface area (Å²) in [5.74, 6) is 0.704. The second-order valence-electron chi connectivity index (χ2n) is 8.40. The Morgan fingerprint density at radius 2 is 1.93 bits per heavy atom. The van der Waals surface area contributed by atoms with E-state index in [0.29, 0.717) is 12.3 Å². The molecule has 0 aromatic heterocycles. The highest BCUT2D eigenvalue weighted by molar-refractivity contribution is 5.97. The molecule has 29 heavy (non-hydrogen) atoms. The maximum absolute atomic E-state index is 13.4. The molecule has 4 nitrogen and oxygen atoms in total. The zero-order valence-electron chi connectivity index (χ0n) is 16.9. The molecule has 1 unspecified atom stereocenters. The number of hydrogen-bond donors (Lipinski definition) is 0. The van der Waals surface area contributed by atoms with Gasteiger partial charge in [0.15, 0.2) is 5.78 Å². The lowest BCUT2D eigenvalue weighted by molar-refractivity contribution is 0.0547. The number of benzene rings is 2. The average Bonchev–Trinajstić information content (AvgIpc) is 3.25. The number of ketones is 1. The lowest BCUT2D eigenvalue weighted by Crippen LogP contribution is -2.49. The van der Waals surface area contributed by atoms with Gasteiger partial charge in [-0.25, -0.2) is 0 Å². The monoisotopic (exact) mass is 386 g/mol. The summed E-state index contributed by atoms with van der Waals surface area (Å²) in [4.78, 5) is 32.0. The zero-order valence-corrected chi connectivity index (χ0v) is 16.9. The van der Waals surface area contributed by atoms with E-state index in [1.165, 1.54) is 16.7 Å². The largest absolute Gasteiger partial charge is 0.335 e. The van der Waals surface area contributed by atoms with E-state index in [2.05, 4.69) is 22.0 Å². The molecule has 0 bridgehead atoms. The number of nitrogens with zero attached hydrogens (tertiary/aromatic N) is 2. The minimum absolute atomic E-state index is 0.130. The Kier molecular flexibility index (Phi) is 4.57. The van der Waals surface area contributed by atoms with Crippen LogP contribution in [0.4, 0.5) is 5.69 Å². The Balaban J connectivity index is 1.43. The molecule has 2 atom stereocenters. The van der Waals surface area contributed by atoms with Crippen LogP contribution in [-0.4, -0.2) is 35.4 Å². The van der Waals surface area contributed by atoms with Gasteiger partial charge in [-0.15, -0.1) is 0 Å². The van der Waals surface area contributed by atoms with E-state index in [0.717, 1.165) is 55.5 Å². The van der Waals surface area contributed by atoms with Crippen molar-refractivity contribution in [3.05, 3.63) is 64.2 Å². The van der Waals surface area contributed by atoms with Crippen molar-refractivity contribution < 1.29 is 9.59 Å². The molecule has 0 N–H and O–H groups in total. The first-order valence-electron chi connectivity index (χ1n) is 10.8. The van der Waals surface area contributed by atoms with Crippen LogP contribution < -0.4 is 0 Å². The summed E-state index contributed by atoms with van der Waals surface area (Å²) in [5.41, 5.74) is 6.34. The van der Waals surface area contributed by atoms with Crippen molar-refractivity contribution in [3.63, 3.8) is 0 Å². The van der Waals surface area contributed by atoms with Gasteiger partial charge in [0.2, 0.25) is 0 Å². The fourth-order valence-electron chi connectivity index (χ4n) is 5.29. The molecule has 0 radical (unpaired) electrons. The summed E-state index contributed by atoms with van der Waals surface area (Å²) in [5, 5.41) is 0. The Morgan fingerprint density at radius 1 is 1.07 bits per heavy atom. The molecule has 0 spiro atoms. The first kappa shape index (κ1) is 18.3. The highest BCUT2D eigenvalue weighted by atomic mass is 16.2. The van der Waals surface area contributed by atoms with Gasteiger partial charge < -0.3 is 4.90 Å². The SMILES string of the molecule is CCC(=O)c1ccc2c(c1)CC[C@H]1C2CCCN1C(=O)c1ccc2c(c1)N=CC2. The summed E-state index contributed by atoms with van der Waals surface area (Å²) in [6.45, 7) is 2.73. The molecule has 2 aromatic rings. The van der Waals surface area contributed by atoms with Crippen molar-refractivity contribution in [2.45, 2.75) is 57.4 Å². The summed E-state index contributed by atoms with van der Waals surface area (Å²) in [6.07, 6.45) is 7.33. The van der Waals surface area contributed by atoms with Crippen LogP contribution in [-0.2, 0) is 12.8 Å². The van der Waals surface area contributed by atoms with Crippen molar-refractivity contribution in [1.82, 2.24) is 4.90 Å². The van der Waals surface area contributed by atoms with E-state index in [1.54, 1.807) is 0 Å². The average molecular weight is 386 g/mol. The molecular weight excluding hydrogens is 360 g/mol. The van der Waals surface area contributed by atoms with Gasteiger partial charge in [-0.05, 0) is 60.6 Å². The van der Waals surface area contributed by atoms with E-state index in [9.17, 15) is 9.59 Å². The van der Waals surface area contributed by atoms with Gasteiger partial charge in [0.1, 0.15) is 0 Å².